The molecule has 1 aliphatic rings. The molecule has 0 aliphatic carbocycles. The Bertz CT molecular complexity index is 653. The van der Waals surface area contributed by atoms with Crippen molar-refractivity contribution in [2.75, 3.05) is 26.2 Å². The van der Waals surface area contributed by atoms with Gasteiger partial charge in [-0.3, -0.25) is 9.59 Å². The predicted molar refractivity (Wildman–Crippen MR) is 88.6 cm³/mol. The Morgan fingerprint density at radius 1 is 1.20 bits per heavy atom. The first-order chi connectivity index (χ1) is 11.9. The van der Waals surface area contributed by atoms with E-state index in [4.69, 9.17) is 5.11 Å². The van der Waals surface area contributed by atoms with Crippen molar-refractivity contribution in [1.29, 1.82) is 0 Å². The van der Waals surface area contributed by atoms with Gasteiger partial charge in [0.1, 0.15) is 5.82 Å². The normalized spacial score (nSPS) is 20.0. The van der Waals surface area contributed by atoms with Crippen LogP contribution in [0.5, 0.6) is 0 Å². The van der Waals surface area contributed by atoms with Crippen molar-refractivity contribution in [2.24, 2.45) is 11.8 Å². The van der Waals surface area contributed by atoms with Crippen molar-refractivity contribution in [1.82, 2.24) is 15.5 Å². The molecule has 2 atom stereocenters. The van der Waals surface area contributed by atoms with Gasteiger partial charge in [-0.15, -0.1) is 0 Å². The number of nitrogens with one attached hydrogen (secondary N) is 2. The number of carbonyl (C=O) groups is 3. The fourth-order valence-corrected chi connectivity index (χ4v) is 2.89. The van der Waals surface area contributed by atoms with E-state index in [1.54, 1.807) is 6.07 Å². The third kappa shape index (κ3) is 5.17. The van der Waals surface area contributed by atoms with E-state index >= 15 is 0 Å². The average Bonchev–Trinajstić information content (AvgIpc) is 2.58. The van der Waals surface area contributed by atoms with Gasteiger partial charge in [0, 0.05) is 26.2 Å². The molecule has 1 saturated heterocycles. The number of carboxylic acids is 1. The number of nitrogens with zero attached hydrogens (tertiary/aromatic N) is 1. The Kier molecular flexibility index (Phi) is 6.32. The Balaban J connectivity index is 1.76. The zero-order valence-electron chi connectivity index (χ0n) is 14.0. The lowest BCUT2D eigenvalue weighted by Crippen LogP contribution is -2.50. The Morgan fingerprint density at radius 2 is 1.88 bits per heavy atom. The van der Waals surface area contributed by atoms with Crippen LogP contribution in [0.4, 0.5) is 9.18 Å². The van der Waals surface area contributed by atoms with Crippen molar-refractivity contribution in [3.63, 3.8) is 0 Å². The van der Waals surface area contributed by atoms with Gasteiger partial charge in [0.25, 0.3) is 5.91 Å². The van der Waals surface area contributed by atoms with Crippen molar-refractivity contribution < 1.29 is 23.9 Å². The molecule has 1 aliphatic heterocycles. The molecule has 136 valence electrons. The molecule has 25 heavy (non-hydrogen) atoms. The minimum absolute atomic E-state index is 0.0528. The van der Waals surface area contributed by atoms with E-state index in [1.807, 2.05) is 6.92 Å². The predicted octanol–water partition coefficient (Wildman–Crippen LogP) is 1.31. The maximum Gasteiger partial charge on any atom is 0.317 e. The standard InChI is InChI=1S/C17H22FN3O4/c1-11-8-12(16(23)24)10-21(9-11)17(25)20-7-6-19-15(22)13-4-2-3-5-14(13)18/h2-5,11-12H,6-10H2,1H3,(H,19,22)(H,20,25)(H,23,24). The number of aliphatic carboxylic acids is 1. The summed E-state index contributed by atoms with van der Waals surface area (Å²) in [5.74, 6) is -2.51. The molecule has 1 fully saturated rings. The van der Waals surface area contributed by atoms with Crippen LogP contribution in [0.15, 0.2) is 24.3 Å². The quantitative estimate of drug-likeness (QED) is 0.697. The summed E-state index contributed by atoms with van der Waals surface area (Å²) in [7, 11) is 0. The van der Waals surface area contributed by atoms with Crippen LogP contribution in [0, 0.1) is 17.7 Å². The van der Waals surface area contributed by atoms with Gasteiger partial charge in [0.05, 0.1) is 11.5 Å². The minimum Gasteiger partial charge on any atom is -0.481 e. The summed E-state index contributed by atoms with van der Waals surface area (Å²) in [5, 5.41) is 14.3. The van der Waals surface area contributed by atoms with Gasteiger partial charge in [0.15, 0.2) is 0 Å². The number of hydrogen-bond acceptors (Lipinski definition) is 3. The lowest BCUT2D eigenvalue weighted by molar-refractivity contribution is -0.143. The zero-order chi connectivity index (χ0) is 18.4. The molecule has 0 radical (unpaired) electrons. The molecule has 2 rings (SSSR count). The molecule has 0 aromatic heterocycles. The fourth-order valence-electron chi connectivity index (χ4n) is 2.89. The van der Waals surface area contributed by atoms with E-state index in [0.29, 0.717) is 13.0 Å². The number of likely N-dealkylation sites (tertiary alicyclic amines) is 1. The van der Waals surface area contributed by atoms with Crippen LogP contribution in [-0.2, 0) is 4.79 Å². The molecule has 0 bridgehead atoms. The smallest absolute Gasteiger partial charge is 0.317 e. The first kappa shape index (κ1) is 18.7. The number of hydrogen-bond donors (Lipinski definition) is 3. The molecule has 1 heterocycles. The number of halogens is 1. The number of benzene rings is 1. The number of carboxylic acid groups (broad SMARTS) is 1. The molecule has 3 amide bonds. The Hall–Kier alpha value is -2.64. The third-order valence-corrected chi connectivity index (χ3v) is 4.10. The SMILES string of the molecule is CC1CC(C(=O)O)CN(C(=O)NCCNC(=O)c2ccccc2F)C1. The maximum atomic E-state index is 13.5. The number of amides is 3. The van der Waals surface area contributed by atoms with Gasteiger partial charge in [-0.05, 0) is 24.5 Å². The zero-order valence-corrected chi connectivity index (χ0v) is 14.0. The van der Waals surface area contributed by atoms with Gasteiger partial charge < -0.3 is 20.6 Å². The van der Waals surface area contributed by atoms with Gasteiger partial charge in [-0.25, -0.2) is 9.18 Å². The van der Waals surface area contributed by atoms with Gasteiger partial charge >= 0.3 is 12.0 Å². The highest BCUT2D eigenvalue weighted by Crippen LogP contribution is 2.21. The van der Waals surface area contributed by atoms with Crippen molar-refractivity contribution >= 4 is 17.9 Å². The first-order valence-corrected chi connectivity index (χ1v) is 8.16. The minimum atomic E-state index is -0.901. The lowest BCUT2D eigenvalue weighted by atomic mass is 9.91. The molecule has 8 heteroatoms. The molecule has 1 aromatic carbocycles. The van der Waals surface area contributed by atoms with E-state index in [0.717, 1.165) is 0 Å². The van der Waals surface area contributed by atoms with Crippen LogP contribution in [0.2, 0.25) is 0 Å². The van der Waals surface area contributed by atoms with Crippen LogP contribution >= 0.6 is 0 Å². The summed E-state index contributed by atoms with van der Waals surface area (Å²) in [6.07, 6.45) is 0.553. The van der Waals surface area contributed by atoms with Gasteiger partial charge in [0.2, 0.25) is 0 Å². The number of urea groups is 1. The van der Waals surface area contributed by atoms with Crippen LogP contribution < -0.4 is 10.6 Å². The van der Waals surface area contributed by atoms with Gasteiger partial charge in [-0.1, -0.05) is 19.1 Å². The van der Waals surface area contributed by atoms with Crippen LogP contribution in [0.25, 0.3) is 0 Å². The summed E-state index contributed by atoms with van der Waals surface area (Å²) >= 11 is 0. The summed E-state index contributed by atoms with van der Waals surface area (Å²) in [6, 6.07) is 5.28. The molecule has 2 unspecified atom stereocenters. The van der Waals surface area contributed by atoms with E-state index in [1.165, 1.54) is 23.1 Å². The summed E-state index contributed by atoms with van der Waals surface area (Å²) in [4.78, 5) is 36.6. The van der Waals surface area contributed by atoms with Crippen LogP contribution in [0.1, 0.15) is 23.7 Å². The van der Waals surface area contributed by atoms with E-state index in [2.05, 4.69) is 10.6 Å². The van der Waals surface area contributed by atoms with E-state index < -0.39 is 23.6 Å². The first-order valence-electron chi connectivity index (χ1n) is 8.16. The second-order valence-electron chi connectivity index (χ2n) is 6.25. The molecular weight excluding hydrogens is 329 g/mol. The van der Waals surface area contributed by atoms with Crippen molar-refractivity contribution in [3.05, 3.63) is 35.6 Å². The average molecular weight is 351 g/mol. The molecule has 0 saturated carbocycles. The monoisotopic (exact) mass is 351 g/mol. The fraction of sp³-hybridized carbons (Fsp3) is 0.471. The van der Waals surface area contributed by atoms with Crippen molar-refractivity contribution in [2.45, 2.75) is 13.3 Å². The largest absolute Gasteiger partial charge is 0.481 e. The number of carbonyl (C=O) groups excluding carboxylic acids is 2. The van der Waals surface area contributed by atoms with Crippen LogP contribution in [0.3, 0.4) is 0 Å². The Labute approximate surface area is 145 Å². The summed E-state index contributed by atoms with van der Waals surface area (Å²) in [5.41, 5.74) is -0.0528. The summed E-state index contributed by atoms with van der Waals surface area (Å²) < 4.78 is 13.5. The Morgan fingerprint density at radius 3 is 2.56 bits per heavy atom. The molecule has 3 N–H and O–H groups in total. The van der Waals surface area contributed by atoms with Crippen LogP contribution in [-0.4, -0.2) is 54.1 Å². The second kappa shape index (κ2) is 8.46. The highest BCUT2D eigenvalue weighted by Gasteiger charge is 2.31. The molecule has 1 aromatic rings. The highest BCUT2D eigenvalue weighted by atomic mass is 19.1. The van der Waals surface area contributed by atoms with E-state index in [9.17, 15) is 18.8 Å². The maximum absolute atomic E-state index is 13.5. The highest BCUT2D eigenvalue weighted by molar-refractivity contribution is 5.94. The number of rotatable bonds is 5. The summed E-state index contributed by atoms with van der Waals surface area (Å²) in [6.45, 7) is 2.89. The molecule has 7 nitrogen and oxygen atoms in total. The second-order valence-corrected chi connectivity index (χ2v) is 6.25. The topological polar surface area (TPSA) is 98.7 Å². The third-order valence-electron chi connectivity index (χ3n) is 4.10. The van der Waals surface area contributed by atoms with Gasteiger partial charge in [-0.2, -0.15) is 0 Å². The van der Waals surface area contributed by atoms with E-state index in [-0.39, 0.29) is 37.1 Å². The lowest BCUT2D eigenvalue weighted by Gasteiger charge is -2.34. The molecule has 0 spiro atoms. The number of piperidine rings is 1. The molecular formula is C17H22FN3O4. The van der Waals surface area contributed by atoms with Crippen molar-refractivity contribution in [3.8, 4) is 0 Å².